The Morgan fingerprint density at radius 3 is 2.57 bits per heavy atom. The van der Waals surface area contributed by atoms with Crippen LogP contribution in [0.15, 0.2) is 59.5 Å². The van der Waals surface area contributed by atoms with Crippen LogP contribution in [0.2, 0.25) is 0 Å². The molecule has 0 aliphatic heterocycles. The molecule has 0 aromatic heterocycles. The van der Waals surface area contributed by atoms with Gasteiger partial charge in [-0.2, -0.15) is 5.26 Å². The third kappa shape index (κ3) is 4.86. The first-order chi connectivity index (χ1) is 10.3. The SMILES string of the molecule is N#CCSc1ccccc1NC(=O)CNc1ccccc1. The number of thioether (sulfide) groups is 1. The van der Waals surface area contributed by atoms with Crippen LogP contribution in [0.25, 0.3) is 0 Å². The molecule has 0 saturated carbocycles. The summed E-state index contributed by atoms with van der Waals surface area (Å²) in [5.41, 5.74) is 1.64. The molecular weight excluding hydrogens is 282 g/mol. The van der Waals surface area contributed by atoms with E-state index in [1.807, 2.05) is 54.6 Å². The Labute approximate surface area is 128 Å². The Hall–Kier alpha value is -2.45. The molecule has 0 aliphatic carbocycles. The van der Waals surface area contributed by atoms with E-state index in [-0.39, 0.29) is 12.5 Å². The highest BCUT2D eigenvalue weighted by Gasteiger charge is 2.06. The lowest BCUT2D eigenvalue weighted by atomic mass is 10.3. The third-order valence-electron chi connectivity index (χ3n) is 2.68. The van der Waals surface area contributed by atoms with E-state index in [4.69, 9.17) is 5.26 Å². The summed E-state index contributed by atoms with van der Waals surface area (Å²) in [7, 11) is 0. The number of carbonyl (C=O) groups is 1. The topological polar surface area (TPSA) is 64.9 Å². The van der Waals surface area contributed by atoms with Crippen molar-refractivity contribution >= 4 is 29.0 Å². The fourth-order valence-corrected chi connectivity index (χ4v) is 2.41. The van der Waals surface area contributed by atoms with Gasteiger partial charge >= 0.3 is 0 Å². The first-order valence-electron chi connectivity index (χ1n) is 6.47. The number of rotatable bonds is 6. The van der Waals surface area contributed by atoms with Gasteiger partial charge in [-0.05, 0) is 24.3 Å². The first-order valence-corrected chi connectivity index (χ1v) is 7.45. The highest BCUT2D eigenvalue weighted by molar-refractivity contribution is 7.99. The van der Waals surface area contributed by atoms with Gasteiger partial charge in [-0.1, -0.05) is 30.3 Å². The number of nitrogens with zero attached hydrogens (tertiary/aromatic N) is 1. The Morgan fingerprint density at radius 1 is 1.10 bits per heavy atom. The van der Waals surface area contributed by atoms with Crippen molar-refractivity contribution in [3.05, 3.63) is 54.6 Å². The van der Waals surface area contributed by atoms with Gasteiger partial charge in [0.05, 0.1) is 24.1 Å². The third-order valence-corrected chi connectivity index (χ3v) is 3.62. The van der Waals surface area contributed by atoms with Crippen LogP contribution in [-0.4, -0.2) is 18.2 Å². The van der Waals surface area contributed by atoms with Crippen LogP contribution >= 0.6 is 11.8 Å². The largest absolute Gasteiger partial charge is 0.376 e. The maximum Gasteiger partial charge on any atom is 0.243 e. The summed E-state index contributed by atoms with van der Waals surface area (Å²) in [5, 5.41) is 14.6. The minimum absolute atomic E-state index is 0.121. The lowest BCUT2D eigenvalue weighted by molar-refractivity contribution is -0.114. The molecule has 0 unspecified atom stereocenters. The lowest BCUT2D eigenvalue weighted by Gasteiger charge is -2.10. The van der Waals surface area contributed by atoms with Crippen molar-refractivity contribution < 1.29 is 4.79 Å². The van der Waals surface area contributed by atoms with Gasteiger partial charge in [0, 0.05) is 10.6 Å². The van der Waals surface area contributed by atoms with Crippen LogP contribution in [-0.2, 0) is 4.79 Å². The smallest absolute Gasteiger partial charge is 0.243 e. The molecule has 0 heterocycles. The van der Waals surface area contributed by atoms with Crippen LogP contribution in [0, 0.1) is 11.3 Å². The zero-order chi connectivity index (χ0) is 14.9. The van der Waals surface area contributed by atoms with Crippen LogP contribution in [0.4, 0.5) is 11.4 Å². The van der Waals surface area contributed by atoms with Crippen molar-refractivity contribution in [2.75, 3.05) is 22.9 Å². The maximum atomic E-state index is 12.0. The summed E-state index contributed by atoms with van der Waals surface area (Å²) in [4.78, 5) is 12.9. The van der Waals surface area contributed by atoms with Crippen molar-refractivity contribution in [2.45, 2.75) is 4.90 Å². The van der Waals surface area contributed by atoms with Gasteiger partial charge in [-0.3, -0.25) is 4.79 Å². The molecule has 0 bridgehead atoms. The molecule has 0 saturated heterocycles. The van der Waals surface area contributed by atoms with E-state index in [2.05, 4.69) is 16.7 Å². The van der Waals surface area contributed by atoms with E-state index in [9.17, 15) is 4.79 Å². The minimum Gasteiger partial charge on any atom is -0.376 e. The molecule has 0 spiro atoms. The van der Waals surface area contributed by atoms with Gasteiger partial charge in [0.25, 0.3) is 0 Å². The number of hydrogen-bond donors (Lipinski definition) is 2. The van der Waals surface area contributed by atoms with E-state index < -0.39 is 0 Å². The number of hydrogen-bond acceptors (Lipinski definition) is 4. The molecule has 0 aliphatic rings. The van der Waals surface area contributed by atoms with Gasteiger partial charge in [0.15, 0.2) is 0 Å². The predicted molar refractivity (Wildman–Crippen MR) is 86.3 cm³/mol. The Bertz CT molecular complexity index is 637. The normalized spacial score (nSPS) is 9.67. The fraction of sp³-hybridized carbons (Fsp3) is 0.125. The van der Waals surface area contributed by atoms with E-state index in [0.717, 1.165) is 16.3 Å². The summed E-state index contributed by atoms with van der Waals surface area (Å²) >= 11 is 1.41. The number of benzene rings is 2. The van der Waals surface area contributed by atoms with Crippen molar-refractivity contribution in [1.82, 2.24) is 0 Å². The van der Waals surface area contributed by atoms with Crippen LogP contribution < -0.4 is 10.6 Å². The first kappa shape index (κ1) is 14.9. The van der Waals surface area contributed by atoms with Gasteiger partial charge in [0.2, 0.25) is 5.91 Å². The second kappa shape index (κ2) is 7.98. The van der Waals surface area contributed by atoms with Crippen LogP contribution in [0.5, 0.6) is 0 Å². The summed E-state index contributed by atoms with van der Waals surface area (Å²) in [6.07, 6.45) is 0. The van der Waals surface area contributed by atoms with Gasteiger partial charge in [0.1, 0.15) is 0 Å². The van der Waals surface area contributed by atoms with Crippen molar-refractivity contribution in [3.8, 4) is 6.07 Å². The quantitative estimate of drug-likeness (QED) is 0.803. The number of anilines is 2. The monoisotopic (exact) mass is 297 g/mol. The molecule has 1 amide bonds. The minimum atomic E-state index is -0.121. The molecule has 2 N–H and O–H groups in total. The van der Waals surface area contributed by atoms with E-state index in [1.165, 1.54) is 11.8 Å². The second-order valence-electron chi connectivity index (χ2n) is 4.21. The van der Waals surface area contributed by atoms with Gasteiger partial charge in [-0.15, -0.1) is 11.8 Å². The van der Waals surface area contributed by atoms with Gasteiger partial charge < -0.3 is 10.6 Å². The second-order valence-corrected chi connectivity index (χ2v) is 5.23. The molecule has 2 aromatic carbocycles. The maximum absolute atomic E-state index is 12.0. The van der Waals surface area contributed by atoms with Crippen molar-refractivity contribution in [2.24, 2.45) is 0 Å². The molecule has 0 fully saturated rings. The number of carbonyl (C=O) groups excluding carboxylic acids is 1. The van der Waals surface area contributed by atoms with E-state index >= 15 is 0 Å². The lowest BCUT2D eigenvalue weighted by Crippen LogP contribution is -2.22. The molecule has 2 aromatic rings. The molecular formula is C16H15N3OS. The molecule has 5 heteroatoms. The van der Waals surface area contributed by atoms with Crippen LogP contribution in [0.3, 0.4) is 0 Å². The summed E-state index contributed by atoms with van der Waals surface area (Å²) < 4.78 is 0. The predicted octanol–water partition coefficient (Wildman–Crippen LogP) is 3.35. The van der Waals surface area contributed by atoms with E-state index in [0.29, 0.717) is 5.75 Å². The van der Waals surface area contributed by atoms with Crippen molar-refractivity contribution in [1.29, 1.82) is 5.26 Å². The standard InChI is InChI=1S/C16H15N3OS/c17-10-11-21-15-9-5-4-8-14(15)19-16(20)12-18-13-6-2-1-3-7-13/h1-9,18H,11-12H2,(H,19,20). The molecule has 106 valence electrons. The average molecular weight is 297 g/mol. The molecule has 0 radical (unpaired) electrons. The van der Waals surface area contributed by atoms with E-state index in [1.54, 1.807) is 0 Å². The zero-order valence-electron chi connectivity index (χ0n) is 11.4. The Balaban J connectivity index is 1.92. The average Bonchev–Trinajstić information content (AvgIpc) is 2.53. The van der Waals surface area contributed by atoms with Gasteiger partial charge in [-0.25, -0.2) is 0 Å². The van der Waals surface area contributed by atoms with Crippen molar-refractivity contribution in [3.63, 3.8) is 0 Å². The van der Waals surface area contributed by atoms with Crippen LogP contribution in [0.1, 0.15) is 0 Å². The summed E-state index contributed by atoms with van der Waals surface area (Å²) in [6.45, 7) is 0.196. The molecule has 4 nitrogen and oxygen atoms in total. The highest BCUT2D eigenvalue weighted by Crippen LogP contribution is 2.26. The molecule has 0 atom stereocenters. The number of para-hydroxylation sites is 2. The Morgan fingerprint density at radius 2 is 1.81 bits per heavy atom. The molecule has 21 heavy (non-hydrogen) atoms. The summed E-state index contributed by atoms with van der Waals surface area (Å²) in [6, 6.07) is 19.1. The Kier molecular flexibility index (Phi) is 5.68. The summed E-state index contributed by atoms with van der Waals surface area (Å²) in [5.74, 6) is 0.235. The zero-order valence-corrected chi connectivity index (χ0v) is 12.2. The number of nitrogens with one attached hydrogen (secondary N) is 2. The fourth-order valence-electron chi connectivity index (χ4n) is 1.74. The number of nitriles is 1. The molecule has 2 rings (SSSR count). The number of amides is 1. The highest BCUT2D eigenvalue weighted by atomic mass is 32.2.